The van der Waals surface area contributed by atoms with Crippen LogP contribution in [0.3, 0.4) is 0 Å². The zero-order chi connectivity index (χ0) is 16.5. The van der Waals surface area contributed by atoms with Gasteiger partial charge in [-0.15, -0.1) is 0 Å². The van der Waals surface area contributed by atoms with Crippen molar-refractivity contribution in [1.29, 1.82) is 0 Å². The summed E-state index contributed by atoms with van der Waals surface area (Å²) < 4.78 is 0. The Morgan fingerprint density at radius 2 is 2.21 bits per heavy atom. The van der Waals surface area contributed by atoms with Crippen molar-refractivity contribution in [3.8, 4) is 0 Å². The maximum Gasteiger partial charge on any atom is 0.227 e. The summed E-state index contributed by atoms with van der Waals surface area (Å²) in [4.78, 5) is 11.3. The summed E-state index contributed by atoms with van der Waals surface area (Å²) in [6.45, 7) is 5.92. The number of H-pyrrole nitrogens is 1. The number of rotatable bonds is 6. The number of nitrogens with one attached hydrogen (secondary N) is 3. The smallest absolute Gasteiger partial charge is 0.227 e. The second-order valence-electron chi connectivity index (χ2n) is 6.56. The van der Waals surface area contributed by atoms with Crippen molar-refractivity contribution in [2.45, 2.75) is 25.2 Å². The largest absolute Gasteiger partial charge is 0.392 e. The number of anilines is 3. The van der Waals surface area contributed by atoms with Gasteiger partial charge in [0.05, 0.1) is 0 Å². The molecule has 2 aliphatic rings. The van der Waals surface area contributed by atoms with E-state index in [9.17, 15) is 0 Å². The molecule has 3 N–H and O–H groups in total. The lowest BCUT2D eigenvalue weighted by Gasteiger charge is -2.17. The van der Waals surface area contributed by atoms with Gasteiger partial charge in [0, 0.05) is 55.6 Å². The Bertz CT molecular complexity index is 734. The van der Waals surface area contributed by atoms with Gasteiger partial charge in [0.25, 0.3) is 0 Å². The molecule has 3 heterocycles. The molecule has 1 aliphatic carbocycles. The first-order valence-corrected chi connectivity index (χ1v) is 8.50. The monoisotopic (exact) mass is 325 g/mol. The van der Waals surface area contributed by atoms with Crippen molar-refractivity contribution in [3.05, 3.63) is 36.3 Å². The molecule has 126 valence electrons. The lowest BCUT2D eigenvalue weighted by atomic mass is 10.1. The topological polar surface area (TPSA) is 81.8 Å². The molecule has 1 unspecified atom stereocenters. The second-order valence-corrected chi connectivity index (χ2v) is 6.56. The molecule has 4 rings (SSSR count). The van der Waals surface area contributed by atoms with Crippen molar-refractivity contribution in [2.75, 3.05) is 30.4 Å². The standard InChI is InChI=1S/C17H23N7/c1-11(18-2)13-6-8-24(10-13)17-19-7-5-15(21-17)20-16-9-14(22-23-16)12-3-4-12/h5,7,9,12-13,18H,1,3-4,6,8,10H2,2H3,(H2,19,20,21,22,23). The Morgan fingerprint density at radius 1 is 1.33 bits per heavy atom. The van der Waals surface area contributed by atoms with E-state index < -0.39 is 0 Å². The summed E-state index contributed by atoms with van der Waals surface area (Å²) in [5, 5.41) is 13.8. The molecule has 2 fully saturated rings. The fraction of sp³-hybridized carbons (Fsp3) is 0.471. The first-order valence-electron chi connectivity index (χ1n) is 8.50. The molecule has 1 aliphatic heterocycles. The predicted molar refractivity (Wildman–Crippen MR) is 94.4 cm³/mol. The highest BCUT2D eigenvalue weighted by Crippen LogP contribution is 2.39. The van der Waals surface area contributed by atoms with Crippen LogP contribution in [0.2, 0.25) is 0 Å². The first kappa shape index (κ1) is 15.0. The van der Waals surface area contributed by atoms with Crippen LogP contribution in [0.5, 0.6) is 0 Å². The van der Waals surface area contributed by atoms with Crippen molar-refractivity contribution < 1.29 is 0 Å². The number of hydrogen-bond donors (Lipinski definition) is 3. The highest BCUT2D eigenvalue weighted by atomic mass is 15.3. The molecule has 7 heteroatoms. The molecule has 0 bridgehead atoms. The number of aromatic nitrogens is 4. The van der Waals surface area contributed by atoms with Gasteiger partial charge in [-0.2, -0.15) is 10.1 Å². The SMILES string of the molecule is C=C(NC)C1CCN(c2nccc(Nc3cc(C4CC4)[nH]n3)n2)C1. The minimum absolute atomic E-state index is 0.447. The third-order valence-corrected chi connectivity index (χ3v) is 4.80. The van der Waals surface area contributed by atoms with E-state index in [-0.39, 0.29) is 0 Å². The van der Waals surface area contributed by atoms with E-state index in [1.165, 1.54) is 18.5 Å². The third-order valence-electron chi connectivity index (χ3n) is 4.80. The lowest BCUT2D eigenvalue weighted by Crippen LogP contribution is -2.24. The summed E-state index contributed by atoms with van der Waals surface area (Å²) in [7, 11) is 1.92. The zero-order valence-corrected chi connectivity index (χ0v) is 13.9. The van der Waals surface area contributed by atoms with E-state index in [4.69, 9.17) is 0 Å². The second kappa shape index (κ2) is 6.14. The maximum absolute atomic E-state index is 4.64. The predicted octanol–water partition coefficient (Wildman–Crippen LogP) is 2.38. The quantitative estimate of drug-likeness (QED) is 0.756. The summed E-state index contributed by atoms with van der Waals surface area (Å²) in [5.41, 5.74) is 2.29. The Morgan fingerprint density at radius 3 is 3.00 bits per heavy atom. The van der Waals surface area contributed by atoms with Gasteiger partial charge in [0.1, 0.15) is 5.82 Å². The number of nitrogens with zero attached hydrogens (tertiary/aromatic N) is 4. The molecule has 0 spiro atoms. The fourth-order valence-corrected chi connectivity index (χ4v) is 3.14. The molecule has 1 saturated heterocycles. The molecular formula is C17H23N7. The third kappa shape index (κ3) is 3.06. The van der Waals surface area contributed by atoms with Gasteiger partial charge in [0.2, 0.25) is 5.95 Å². The normalized spacial score (nSPS) is 20.2. The van der Waals surface area contributed by atoms with Crippen LogP contribution >= 0.6 is 0 Å². The summed E-state index contributed by atoms with van der Waals surface area (Å²) in [6.07, 6.45) is 5.38. The average molecular weight is 325 g/mol. The first-order chi connectivity index (χ1) is 11.7. The molecule has 2 aromatic rings. The molecule has 0 aromatic carbocycles. The molecule has 0 radical (unpaired) electrons. The molecule has 24 heavy (non-hydrogen) atoms. The molecule has 1 saturated carbocycles. The van der Waals surface area contributed by atoms with Gasteiger partial charge in [-0.3, -0.25) is 5.10 Å². The minimum atomic E-state index is 0.447. The van der Waals surface area contributed by atoms with Gasteiger partial charge in [-0.05, 0) is 25.3 Å². The molecule has 0 amide bonds. The van der Waals surface area contributed by atoms with E-state index in [1.807, 2.05) is 13.1 Å². The lowest BCUT2D eigenvalue weighted by molar-refractivity contribution is 0.642. The average Bonchev–Trinajstić information content (AvgIpc) is 3.15. The van der Waals surface area contributed by atoms with Crippen molar-refractivity contribution in [1.82, 2.24) is 25.5 Å². The zero-order valence-electron chi connectivity index (χ0n) is 13.9. The minimum Gasteiger partial charge on any atom is -0.392 e. The fourth-order valence-electron chi connectivity index (χ4n) is 3.14. The Hall–Kier alpha value is -2.57. The molecule has 2 aromatic heterocycles. The maximum atomic E-state index is 4.64. The summed E-state index contributed by atoms with van der Waals surface area (Å²) in [5.74, 6) is 3.44. The van der Waals surface area contributed by atoms with Crippen LogP contribution in [0, 0.1) is 5.92 Å². The van der Waals surface area contributed by atoms with Crippen molar-refractivity contribution in [2.24, 2.45) is 5.92 Å². The van der Waals surface area contributed by atoms with Crippen molar-refractivity contribution in [3.63, 3.8) is 0 Å². The summed E-state index contributed by atoms with van der Waals surface area (Å²) in [6, 6.07) is 3.94. The van der Waals surface area contributed by atoms with Crippen LogP contribution < -0.4 is 15.5 Å². The molecule has 1 atom stereocenters. The van der Waals surface area contributed by atoms with E-state index in [0.717, 1.165) is 42.8 Å². The van der Waals surface area contributed by atoms with Gasteiger partial charge in [-0.1, -0.05) is 6.58 Å². The molecular weight excluding hydrogens is 302 g/mol. The van der Waals surface area contributed by atoms with E-state index in [0.29, 0.717) is 11.8 Å². The number of hydrogen-bond acceptors (Lipinski definition) is 6. The Kier molecular flexibility index (Phi) is 3.84. The highest BCUT2D eigenvalue weighted by Gasteiger charge is 2.27. The van der Waals surface area contributed by atoms with E-state index >= 15 is 0 Å². The van der Waals surface area contributed by atoms with Gasteiger partial charge >= 0.3 is 0 Å². The van der Waals surface area contributed by atoms with Crippen molar-refractivity contribution >= 4 is 17.6 Å². The molecule has 7 nitrogen and oxygen atoms in total. The van der Waals surface area contributed by atoms with E-state index in [2.05, 4.69) is 48.3 Å². The van der Waals surface area contributed by atoms with E-state index in [1.54, 1.807) is 6.20 Å². The van der Waals surface area contributed by atoms with Crippen LogP contribution in [0.4, 0.5) is 17.6 Å². The Labute approximate surface area is 141 Å². The Balaban J connectivity index is 1.44. The van der Waals surface area contributed by atoms with Crippen LogP contribution in [-0.2, 0) is 0 Å². The van der Waals surface area contributed by atoms with Gasteiger partial charge in [0.15, 0.2) is 5.82 Å². The van der Waals surface area contributed by atoms with Crippen LogP contribution in [0.25, 0.3) is 0 Å². The summed E-state index contributed by atoms with van der Waals surface area (Å²) >= 11 is 0. The number of aromatic amines is 1. The van der Waals surface area contributed by atoms with Gasteiger partial charge < -0.3 is 15.5 Å². The van der Waals surface area contributed by atoms with Crippen LogP contribution in [0.1, 0.15) is 30.9 Å². The van der Waals surface area contributed by atoms with Gasteiger partial charge in [-0.25, -0.2) is 4.98 Å². The highest BCUT2D eigenvalue weighted by molar-refractivity contribution is 5.54. The van der Waals surface area contributed by atoms with Crippen LogP contribution in [-0.4, -0.2) is 40.3 Å². The van der Waals surface area contributed by atoms with Crippen LogP contribution in [0.15, 0.2) is 30.6 Å².